The zero-order chi connectivity index (χ0) is 28.5. The van der Waals surface area contributed by atoms with Crippen LogP contribution in [0.5, 0.6) is 5.88 Å². The number of hydrogen-bond donors (Lipinski definition) is 2. The van der Waals surface area contributed by atoms with Crippen molar-refractivity contribution in [1.29, 1.82) is 0 Å². The smallest absolute Gasteiger partial charge is 0.326 e. The standard InChI is InChI=1S/C29H40N6O4/c1-7-20(8-2)22-17-30-29(34(9-3)10-4)33-25(22)32-23(28(37)38)16-19-12-14-21(15-13-19)24-26(39-6)31-18-35(11-5)27(24)36/h12-15,17-18,20,23H,7-11,16H2,1-6H3,(H,37,38)(H,30,32,33)/t23-/m0/s1. The molecule has 210 valence electrons. The molecule has 0 aliphatic carbocycles. The third kappa shape index (κ3) is 6.74. The Kier molecular flexibility index (Phi) is 10.4. The van der Waals surface area contributed by atoms with Crippen LogP contribution in [-0.4, -0.2) is 56.8 Å². The Morgan fingerprint density at radius 2 is 1.74 bits per heavy atom. The minimum Gasteiger partial charge on any atom is -0.480 e. The number of aryl methyl sites for hydroxylation is 1. The first-order valence-corrected chi connectivity index (χ1v) is 13.6. The quantitative estimate of drug-likeness (QED) is 0.305. The van der Waals surface area contributed by atoms with E-state index in [9.17, 15) is 14.7 Å². The van der Waals surface area contributed by atoms with Crippen LogP contribution in [0.25, 0.3) is 11.1 Å². The average Bonchev–Trinajstić information content (AvgIpc) is 2.95. The van der Waals surface area contributed by atoms with Crippen LogP contribution in [0.15, 0.2) is 41.6 Å². The molecule has 39 heavy (non-hydrogen) atoms. The van der Waals surface area contributed by atoms with Crippen molar-refractivity contribution in [2.75, 3.05) is 30.4 Å². The lowest BCUT2D eigenvalue weighted by atomic mass is 9.95. The summed E-state index contributed by atoms with van der Waals surface area (Å²) < 4.78 is 6.85. The summed E-state index contributed by atoms with van der Waals surface area (Å²) >= 11 is 0. The maximum atomic E-state index is 12.9. The molecular formula is C29H40N6O4. The highest BCUT2D eigenvalue weighted by Crippen LogP contribution is 2.30. The molecule has 2 N–H and O–H groups in total. The second-order valence-corrected chi connectivity index (χ2v) is 9.32. The van der Waals surface area contributed by atoms with E-state index in [1.165, 1.54) is 18.0 Å². The largest absolute Gasteiger partial charge is 0.480 e. The predicted molar refractivity (Wildman–Crippen MR) is 154 cm³/mol. The van der Waals surface area contributed by atoms with E-state index < -0.39 is 12.0 Å². The predicted octanol–water partition coefficient (Wildman–Crippen LogP) is 4.59. The molecule has 10 nitrogen and oxygen atoms in total. The van der Waals surface area contributed by atoms with Gasteiger partial charge in [-0.25, -0.2) is 14.8 Å². The molecular weight excluding hydrogens is 496 g/mol. The first kappa shape index (κ1) is 29.6. The number of aliphatic carboxylic acids is 1. The normalized spacial score (nSPS) is 11.9. The van der Waals surface area contributed by atoms with E-state index in [1.807, 2.05) is 44.0 Å². The summed E-state index contributed by atoms with van der Waals surface area (Å²) in [6.07, 6.45) is 5.33. The number of methoxy groups -OCH3 is 1. The van der Waals surface area contributed by atoms with Gasteiger partial charge >= 0.3 is 5.97 Å². The Hall–Kier alpha value is -3.95. The molecule has 0 radical (unpaired) electrons. The number of anilines is 2. The van der Waals surface area contributed by atoms with Crippen LogP contribution >= 0.6 is 0 Å². The van der Waals surface area contributed by atoms with Gasteiger partial charge in [-0.15, -0.1) is 0 Å². The van der Waals surface area contributed by atoms with Crippen molar-refractivity contribution in [2.24, 2.45) is 0 Å². The van der Waals surface area contributed by atoms with E-state index in [1.54, 1.807) is 12.1 Å². The van der Waals surface area contributed by atoms with Crippen molar-refractivity contribution in [3.8, 4) is 17.0 Å². The average molecular weight is 537 g/mol. The van der Waals surface area contributed by atoms with E-state index in [0.29, 0.717) is 29.4 Å². The van der Waals surface area contributed by atoms with E-state index >= 15 is 0 Å². The monoisotopic (exact) mass is 536 g/mol. The molecule has 2 aromatic heterocycles. The topological polar surface area (TPSA) is 122 Å². The fraction of sp³-hybridized carbons (Fsp3) is 0.483. The molecule has 0 amide bonds. The minimum atomic E-state index is -0.975. The molecule has 0 unspecified atom stereocenters. The zero-order valence-corrected chi connectivity index (χ0v) is 23.8. The Morgan fingerprint density at radius 3 is 2.28 bits per heavy atom. The molecule has 0 aliphatic rings. The number of ether oxygens (including phenoxy) is 1. The highest BCUT2D eigenvalue weighted by molar-refractivity contribution is 5.78. The van der Waals surface area contributed by atoms with Gasteiger partial charge < -0.3 is 20.1 Å². The van der Waals surface area contributed by atoms with Gasteiger partial charge in [-0.3, -0.25) is 9.36 Å². The molecule has 0 aliphatic heterocycles. The maximum Gasteiger partial charge on any atom is 0.326 e. The van der Waals surface area contributed by atoms with Crippen LogP contribution < -0.4 is 20.5 Å². The number of aromatic nitrogens is 4. The minimum absolute atomic E-state index is 0.191. The van der Waals surface area contributed by atoms with Crippen LogP contribution in [0.1, 0.15) is 64.5 Å². The fourth-order valence-electron chi connectivity index (χ4n) is 4.69. The summed E-state index contributed by atoms with van der Waals surface area (Å²) in [7, 11) is 1.48. The Morgan fingerprint density at radius 1 is 1.08 bits per heavy atom. The van der Waals surface area contributed by atoms with E-state index in [-0.39, 0.29) is 23.8 Å². The first-order chi connectivity index (χ1) is 18.8. The number of nitrogens with one attached hydrogen (secondary N) is 1. The van der Waals surface area contributed by atoms with Crippen LogP contribution in [0.2, 0.25) is 0 Å². The van der Waals surface area contributed by atoms with Crippen molar-refractivity contribution >= 4 is 17.7 Å². The number of carboxylic acid groups (broad SMARTS) is 1. The van der Waals surface area contributed by atoms with Gasteiger partial charge in [0, 0.05) is 37.8 Å². The molecule has 1 aromatic carbocycles. The third-order valence-corrected chi connectivity index (χ3v) is 7.10. The highest BCUT2D eigenvalue weighted by Gasteiger charge is 2.24. The summed E-state index contributed by atoms with van der Waals surface area (Å²) in [5.74, 6) is 0.633. The van der Waals surface area contributed by atoms with Crippen LogP contribution in [-0.2, 0) is 17.8 Å². The molecule has 0 fully saturated rings. The second kappa shape index (κ2) is 13.7. The van der Waals surface area contributed by atoms with Gasteiger partial charge in [-0.05, 0) is 50.7 Å². The summed E-state index contributed by atoms with van der Waals surface area (Å²) in [6, 6.07) is 6.35. The zero-order valence-electron chi connectivity index (χ0n) is 23.8. The van der Waals surface area contributed by atoms with Gasteiger partial charge in [-0.2, -0.15) is 4.98 Å². The van der Waals surface area contributed by atoms with Crippen LogP contribution in [0, 0.1) is 0 Å². The van der Waals surface area contributed by atoms with Crippen molar-refractivity contribution in [3.05, 3.63) is 58.3 Å². The van der Waals surface area contributed by atoms with Crippen LogP contribution in [0.3, 0.4) is 0 Å². The van der Waals surface area contributed by atoms with Crippen LogP contribution in [0.4, 0.5) is 11.8 Å². The van der Waals surface area contributed by atoms with Crippen molar-refractivity contribution in [1.82, 2.24) is 19.5 Å². The lowest BCUT2D eigenvalue weighted by molar-refractivity contribution is -0.137. The maximum absolute atomic E-state index is 12.9. The molecule has 2 heterocycles. The summed E-state index contributed by atoms with van der Waals surface area (Å²) in [4.78, 5) is 40.9. The summed E-state index contributed by atoms with van der Waals surface area (Å²) in [5.41, 5.74) is 2.57. The lowest BCUT2D eigenvalue weighted by Crippen LogP contribution is -2.33. The summed E-state index contributed by atoms with van der Waals surface area (Å²) in [6.45, 7) is 12.2. The van der Waals surface area contributed by atoms with E-state index in [0.717, 1.165) is 37.1 Å². The molecule has 0 bridgehead atoms. The molecule has 1 atom stereocenters. The Balaban J connectivity index is 1.93. The number of benzene rings is 1. The Bertz CT molecular complexity index is 1300. The molecule has 0 saturated carbocycles. The van der Waals surface area contributed by atoms with Gasteiger partial charge in [0.1, 0.15) is 23.8 Å². The SMILES string of the molecule is CCC(CC)c1cnc(N(CC)CC)nc1N[C@@H](Cc1ccc(-c2c(OC)ncn(CC)c2=O)cc1)C(=O)O. The molecule has 3 rings (SSSR count). The Labute approximate surface area is 230 Å². The number of carbonyl (C=O) groups is 1. The van der Waals surface area contributed by atoms with Crippen molar-refractivity contribution in [2.45, 2.75) is 72.4 Å². The van der Waals surface area contributed by atoms with Gasteiger partial charge in [-0.1, -0.05) is 38.1 Å². The number of rotatable bonds is 14. The molecule has 0 saturated heterocycles. The molecule has 0 spiro atoms. The number of carboxylic acids is 1. The van der Waals surface area contributed by atoms with Gasteiger partial charge in [0.25, 0.3) is 5.56 Å². The van der Waals surface area contributed by atoms with Crippen molar-refractivity contribution in [3.63, 3.8) is 0 Å². The first-order valence-electron chi connectivity index (χ1n) is 13.6. The third-order valence-electron chi connectivity index (χ3n) is 7.10. The fourth-order valence-corrected chi connectivity index (χ4v) is 4.69. The highest BCUT2D eigenvalue weighted by atomic mass is 16.5. The van der Waals surface area contributed by atoms with Gasteiger partial charge in [0.2, 0.25) is 11.8 Å². The van der Waals surface area contributed by atoms with Gasteiger partial charge in [0.05, 0.1) is 7.11 Å². The van der Waals surface area contributed by atoms with Crippen molar-refractivity contribution < 1.29 is 14.6 Å². The summed E-state index contributed by atoms with van der Waals surface area (Å²) in [5, 5.41) is 13.3. The number of nitrogens with zero attached hydrogens (tertiary/aromatic N) is 5. The number of hydrogen-bond acceptors (Lipinski definition) is 8. The molecule has 3 aromatic rings. The lowest BCUT2D eigenvalue weighted by Gasteiger charge is -2.24. The van der Waals surface area contributed by atoms with E-state index in [4.69, 9.17) is 9.72 Å². The second-order valence-electron chi connectivity index (χ2n) is 9.32. The van der Waals surface area contributed by atoms with E-state index in [2.05, 4.69) is 29.1 Å². The van der Waals surface area contributed by atoms with Gasteiger partial charge in [0.15, 0.2) is 0 Å². The molecule has 10 heteroatoms.